The molecule has 0 aliphatic carbocycles. The number of nitrogens with one attached hydrogen (secondary N) is 1. The lowest BCUT2D eigenvalue weighted by atomic mass is 10.2. The van der Waals surface area contributed by atoms with Crippen molar-refractivity contribution in [2.45, 2.75) is 32.0 Å². The van der Waals surface area contributed by atoms with E-state index >= 15 is 0 Å². The first-order valence-electron chi connectivity index (χ1n) is 7.06. The molecule has 1 aromatic heterocycles. The zero-order valence-electron chi connectivity index (χ0n) is 11.6. The van der Waals surface area contributed by atoms with Gasteiger partial charge in [0, 0.05) is 24.9 Å². The van der Waals surface area contributed by atoms with Crippen LogP contribution >= 0.6 is 11.6 Å². The third-order valence-corrected chi connectivity index (χ3v) is 3.91. The number of halogens is 1. The van der Waals surface area contributed by atoms with Crippen molar-refractivity contribution in [1.29, 1.82) is 0 Å². The highest BCUT2D eigenvalue weighted by molar-refractivity contribution is 6.32. The number of anilines is 1. The molecule has 1 aromatic carbocycles. The highest BCUT2D eigenvalue weighted by atomic mass is 35.5. The normalized spacial score (nSPS) is 18.0. The lowest BCUT2D eigenvalue weighted by Crippen LogP contribution is -2.15. The van der Waals surface area contributed by atoms with Crippen LogP contribution in [0.15, 0.2) is 30.6 Å². The SMILES string of the molecule is Oc1c(Cl)cccc1CNc1cnn(CC2CCCO2)c1. The predicted octanol–water partition coefficient (Wildman–Crippen LogP) is 3.03. The molecule has 112 valence electrons. The molecule has 0 amide bonds. The van der Waals surface area contributed by atoms with Gasteiger partial charge < -0.3 is 15.2 Å². The molecule has 5 nitrogen and oxygen atoms in total. The molecule has 3 rings (SSSR count). The quantitative estimate of drug-likeness (QED) is 0.891. The molecule has 2 heterocycles. The van der Waals surface area contributed by atoms with Crippen molar-refractivity contribution in [2.75, 3.05) is 11.9 Å². The number of hydrogen-bond acceptors (Lipinski definition) is 4. The van der Waals surface area contributed by atoms with Gasteiger partial charge in [0.05, 0.1) is 29.6 Å². The summed E-state index contributed by atoms with van der Waals surface area (Å²) in [4.78, 5) is 0. The van der Waals surface area contributed by atoms with Gasteiger partial charge in [-0.3, -0.25) is 4.68 Å². The van der Waals surface area contributed by atoms with Gasteiger partial charge >= 0.3 is 0 Å². The molecule has 0 radical (unpaired) electrons. The van der Waals surface area contributed by atoms with Gasteiger partial charge in [0.2, 0.25) is 0 Å². The number of benzene rings is 1. The van der Waals surface area contributed by atoms with Crippen LogP contribution in [-0.2, 0) is 17.8 Å². The zero-order valence-corrected chi connectivity index (χ0v) is 12.4. The molecule has 0 saturated carbocycles. The van der Waals surface area contributed by atoms with E-state index in [1.807, 2.05) is 23.0 Å². The van der Waals surface area contributed by atoms with Crippen LogP contribution in [0.25, 0.3) is 0 Å². The molecule has 21 heavy (non-hydrogen) atoms. The maximum absolute atomic E-state index is 9.86. The number of phenols is 1. The van der Waals surface area contributed by atoms with E-state index in [0.29, 0.717) is 11.6 Å². The second-order valence-electron chi connectivity index (χ2n) is 5.19. The van der Waals surface area contributed by atoms with Crippen molar-refractivity contribution in [3.63, 3.8) is 0 Å². The summed E-state index contributed by atoms with van der Waals surface area (Å²) in [5.41, 5.74) is 1.67. The number of hydrogen-bond donors (Lipinski definition) is 2. The Balaban J connectivity index is 1.58. The minimum absolute atomic E-state index is 0.124. The van der Waals surface area contributed by atoms with Crippen LogP contribution in [0.2, 0.25) is 5.02 Å². The second-order valence-corrected chi connectivity index (χ2v) is 5.59. The summed E-state index contributed by atoms with van der Waals surface area (Å²) in [7, 11) is 0. The zero-order chi connectivity index (χ0) is 14.7. The van der Waals surface area contributed by atoms with Crippen LogP contribution in [0.5, 0.6) is 5.75 Å². The predicted molar refractivity (Wildman–Crippen MR) is 81.6 cm³/mol. The van der Waals surface area contributed by atoms with Crippen molar-refractivity contribution in [3.05, 3.63) is 41.2 Å². The van der Waals surface area contributed by atoms with E-state index in [1.54, 1.807) is 12.3 Å². The Kier molecular flexibility index (Phi) is 4.31. The maximum atomic E-state index is 9.86. The topological polar surface area (TPSA) is 59.3 Å². The number of aromatic nitrogens is 2. The Labute approximate surface area is 128 Å². The largest absolute Gasteiger partial charge is 0.506 e. The van der Waals surface area contributed by atoms with Crippen molar-refractivity contribution in [1.82, 2.24) is 9.78 Å². The van der Waals surface area contributed by atoms with Gasteiger partial charge in [-0.05, 0) is 18.9 Å². The van der Waals surface area contributed by atoms with Crippen LogP contribution < -0.4 is 5.32 Å². The molecule has 1 fully saturated rings. The number of ether oxygens (including phenoxy) is 1. The molecule has 1 unspecified atom stereocenters. The first-order valence-corrected chi connectivity index (χ1v) is 7.44. The molecule has 0 bridgehead atoms. The van der Waals surface area contributed by atoms with Crippen molar-refractivity contribution < 1.29 is 9.84 Å². The smallest absolute Gasteiger partial charge is 0.139 e. The highest BCUT2D eigenvalue weighted by Crippen LogP contribution is 2.27. The van der Waals surface area contributed by atoms with Crippen LogP contribution in [0.1, 0.15) is 18.4 Å². The fourth-order valence-corrected chi connectivity index (χ4v) is 2.65. The third kappa shape index (κ3) is 3.49. The minimum atomic E-state index is 0.124. The van der Waals surface area contributed by atoms with E-state index in [0.717, 1.165) is 37.2 Å². The van der Waals surface area contributed by atoms with Gasteiger partial charge in [-0.25, -0.2) is 0 Å². The number of rotatable bonds is 5. The summed E-state index contributed by atoms with van der Waals surface area (Å²) in [5, 5.41) is 17.8. The first-order chi connectivity index (χ1) is 10.2. The molecule has 2 aromatic rings. The summed E-state index contributed by atoms with van der Waals surface area (Å²) in [6.07, 6.45) is 6.22. The Hall–Kier alpha value is -1.72. The van der Waals surface area contributed by atoms with Gasteiger partial charge in [0.1, 0.15) is 5.75 Å². The van der Waals surface area contributed by atoms with Crippen molar-refractivity contribution in [2.24, 2.45) is 0 Å². The first kappa shape index (κ1) is 14.2. The van der Waals surface area contributed by atoms with Crippen molar-refractivity contribution >= 4 is 17.3 Å². The summed E-state index contributed by atoms with van der Waals surface area (Å²) in [6, 6.07) is 5.32. The molecule has 1 aliphatic heterocycles. The van der Waals surface area contributed by atoms with Crippen LogP contribution in [0, 0.1) is 0 Å². The van der Waals surface area contributed by atoms with Crippen LogP contribution in [-0.4, -0.2) is 27.6 Å². The number of nitrogens with zero attached hydrogens (tertiary/aromatic N) is 2. The molecule has 6 heteroatoms. The Morgan fingerprint density at radius 2 is 2.38 bits per heavy atom. The molecule has 1 aliphatic rings. The fraction of sp³-hybridized carbons (Fsp3) is 0.400. The molecule has 1 atom stereocenters. The molecular weight excluding hydrogens is 290 g/mol. The van der Waals surface area contributed by atoms with E-state index < -0.39 is 0 Å². The minimum Gasteiger partial charge on any atom is -0.506 e. The summed E-state index contributed by atoms with van der Waals surface area (Å²) in [5.74, 6) is 0.124. The monoisotopic (exact) mass is 307 g/mol. The fourth-order valence-electron chi connectivity index (χ4n) is 2.45. The Bertz CT molecular complexity index is 609. The molecule has 1 saturated heterocycles. The van der Waals surface area contributed by atoms with E-state index in [1.165, 1.54) is 0 Å². The maximum Gasteiger partial charge on any atom is 0.139 e. The van der Waals surface area contributed by atoms with Gasteiger partial charge in [-0.1, -0.05) is 23.7 Å². The highest BCUT2D eigenvalue weighted by Gasteiger charge is 2.16. The van der Waals surface area contributed by atoms with E-state index in [4.69, 9.17) is 16.3 Å². The Morgan fingerprint density at radius 3 is 3.19 bits per heavy atom. The number of para-hydroxylation sites is 1. The average molecular weight is 308 g/mol. The average Bonchev–Trinajstić information content (AvgIpc) is 3.13. The van der Waals surface area contributed by atoms with Crippen molar-refractivity contribution in [3.8, 4) is 5.75 Å². The summed E-state index contributed by atoms with van der Waals surface area (Å²) < 4.78 is 7.48. The van der Waals surface area contributed by atoms with E-state index in [2.05, 4.69) is 10.4 Å². The Morgan fingerprint density at radius 1 is 1.48 bits per heavy atom. The van der Waals surface area contributed by atoms with Gasteiger partial charge in [0.15, 0.2) is 0 Å². The third-order valence-electron chi connectivity index (χ3n) is 3.60. The lowest BCUT2D eigenvalue weighted by molar-refractivity contribution is 0.0940. The summed E-state index contributed by atoms with van der Waals surface area (Å²) >= 11 is 5.89. The van der Waals surface area contributed by atoms with Gasteiger partial charge in [-0.2, -0.15) is 5.10 Å². The van der Waals surface area contributed by atoms with Gasteiger partial charge in [0.25, 0.3) is 0 Å². The lowest BCUT2D eigenvalue weighted by Gasteiger charge is -2.09. The van der Waals surface area contributed by atoms with E-state index in [9.17, 15) is 5.11 Å². The van der Waals surface area contributed by atoms with E-state index in [-0.39, 0.29) is 11.9 Å². The molecule has 0 spiro atoms. The standard InChI is InChI=1S/C15H18ClN3O2/c16-14-5-1-3-11(15(14)20)7-17-12-8-18-19(9-12)10-13-4-2-6-21-13/h1,3,5,8-9,13,17,20H,2,4,6-7,10H2. The van der Waals surface area contributed by atoms with Crippen LogP contribution in [0.3, 0.4) is 0 Å². The molecular formula is C15H18ClN3O2. The summed E-state index contributed by atoms with van der Waals surface area (Å²) in [6.45, 7) is 2.13. The molecule has 2 N–H and O–H groups in total. The van der Waals surface area contributed by atoms with Gasteiger partial charge in [-0.15, -0.1) is 0 Å². The number of aromatic hydroxyl groups is 1. The van der Waals surface area contributed by atoms with Crippen LogP contribution in [0.4, 0.5) is 5.69 Å². The number of phenolic OH excluding ortho intramolecular Hbond substituents is 1. The second kappa shape index (κ2) is 6.37.